The van der Waals surface area contributed by atoms with E-state index in [0.717, 1.165) is 25.6 Å². The maximum absolute atomic E-state index is 3.96. The van der Waals surface area contributed by atoms with Crippen LogP contribution in [0.4, 0.5) is 0 Å². The molecule has 1 aliphatic rings. The Morgan fingerprint density at radius 1 is 1.50 bits per heavy atom. The summed E-state index contributed by atoms with van der Waals surface area (Å²) in [6.07, 6.45) is 10.0. The summed E-state index contributed by atoms with van der Waals surface area (Å²) < 4.78 is 1.88. The van der Waals surface area contributed by atoms with Gasteiger partial charge in [0.15, 0.2) is 0 Å². The number of nitrogens with one attached hydrogen (secondary N) is 2. The van der Waals surface area contributed by atoms with E-state index in [0.29, 0.717) is 6.04 Å². The summed E-state index contributed by atoms with van der Waals surface area (Å²) in [5, 5.41) is 14.9. The SMILES string of the molecule is CC(CC1CCCCN1)NCCCn1ccnn1. The van der Waals surface area contributed by atoms with Crippen molar-refractivity contribution in [3.63, 3.8) is 0 Å². The van der Waals surface area contributed by atoms with Crippen LogP contribution in [-0.2, 0) is 6.54 Å². The highest BCUT2D eigenvalue weighted by molar-refractivity contribution is 4.76. The highest BCUT2D eigenvalue weighted by atomic mass is 15.4. The van der Waals surface area contributed by atoms with Crippen LogP contribution in [0, 0.1) is 0 Å². The number of aryl methyl sites for hydroxylation is 1. The molecule has 1 saturated heterocycles. The molecular formula is C13H25N5. The summed E-state index contributed by atoms with van der Waals surface area (Å²) >= 11 is 0. The molecular weight excluding hydrogens is 226 g/mol. The lowest BCUT2D eigenvalue weighted by Crippen LogP contribution is -2.40. The van der Waals surface area contributed by atoms with E-state index < -0.39 is 0 Å². The standard InChI is InChI=1S/C13H25N5/c1-12(11-13-5-2-3-6-15-13)14-7-4-9-18-10-8-16-17-18/h8,10,12-15H,2-7,9,11H2,1H3. The summed E-state index contributed by atoms with van der Waals surface area (Å²) in [5.74, 6) is 0. The number of piperidine rings is 1. The molecule has 5 heteroatoms. The van der Waals surface area contributed by atoms with Gasteiger partial charge in [-0.15, -0.1) is 5.10 Å². The minimum absolute atomic E-state index is 0.594. The van der Waals surface area contributed by atoms with Gasteiger partial charge in [-0.25, -0.2) is 0 Å². The van der Waals surface area contributed by atoms with Crippen molar-refractivity contribution in [1.29, 1.82) is 0 Å². The maximum atomic E-state index is 3.96. The number of nitrogens with zero attached hydrogens (tertiary/aromatic N) is 3. The molecule has 102 valence electrons. The van der Waals surface area contributed by atoms with Gasteiger partial charge in [0.2, 0.25) is 0 Å². The first kappa shape index (κ1) is 13.5. The van der Waals surface area contributed by atoms with Crippen molar-refractivity contribution in [2.45, 2.75) is 57.7 Å². The van der Waals surface area contributed by atoms with Crippen LogP contribution in [0.3, 0.4) is 0 Å². The van der Waals surface area contributed by atoms with Crippen molar-refractivity contribution in [3.05, 3.63) is 12.4 Å². The first-order valence-corrected chi connectivity index (χ1v) is 7.15. The molecule has 1 aromatic heterocycles. The number of hydrogen-bond donors (Lipinski definition) is 2. The molecule has 2 heterocycles. The lowest BCUT2D eigenvalue weighted by molar-refractivity contribution is 0.343. The van der Waals surface area contributed by atoms with Crippen LogP contribution in [0.2, 0.25) is 0 Å². The van der Waals surface area contributed by atoms with Crippen LogP contribution in [0.25, 0.3) is 0 Å². The van der Waals surface area contributed by atoms with Crippen LogP contribution in [0.5, 0.6) is 0 Å². The fourth-order valence-corrected chi connectivity index (χ4v) is 2.58. The molecule has 0 spiro atoms. The van der Waals surface area contributed by atoms with Crippen LogP contribution in [0.1, 0.15) is 39.0 Å². The molecule has 2 rings (SSSR count). The summed E-state index contributed by atoms with van der Waals surface area (Å²) in [4.78, 5) is 0. The molecule has 0 aromatic carbocycles. The number of rotatable bonds is 7. The van der Waals surface area contributed by atoms with E-state index in [1.54, 1.807) is 6.20 Å². The predicted molar refractivity (Wildman–Crippen MR) is 72.4 cm³/mol. The Hall–Kier alpha value is -0.940. The zero-order chi connectivity index (χ0) is 12.6. The minimum atomic E-state index is 0.594. The van der Waals surface area contributed by atoms with Crippen molar-refractivity contribution in [3.8, 4) is 0 Å². The molecule has 2 atom stereocenters. The Morgan fingerprint density at radius 2 is 2.44 bits per heavy atom. The third-order valence-electron chi connectivity index (χ3n) is 3.58. The first-order valence-electron chi connectivity index (χ1n) is 7.15. The lowest BCUT2D eigenvalue weighted by Gasteiger charge is -2.26. The predicted octanol–water partition coefficient (Wildman–Crippen LogP) is 1.18. The Bertz CT molecular complexity index is 305. The van der Waals surface area contributed by atoms with E-state index in [1.807, 2.05) is 10.9 Å². The van der Waals surface area contributed by atoms with E-state index in [2.05, 4.69) is 27.9 Å². The Labute approximate surface area is 109 Å². The number of aromatic nitrogens is 3. The third-order valence-corrected chi connectivity index (χ3v) is 3.58. The average Bonchev–Trinajstić information content (AvgIpc) is 2.89. The second-order valence-corrected chi connectivity index (χ2v) is 5.26. The van der Waals surface area contributed by atoms with Gasteiger partial charge in [0.25, 0.3) is 0 Å². The fraction of sp³-hybridized carbons (Fsp3) is 0.846. The van der Waals surface area contributed by atoms with Crippen molar-refractivity contribution in [2.75, 3.05) is 13.1 Å². The van der Waals surface area contributed by atoms with Gasteiger partial charge in [-0.1, -0.05) is 11.6 Å². The van der Waals surface area contributed by atoms with E-state index >= 15 is 0 Å². The second-order valence-electron chi connectivity index (χ2n) is 5.26. The summed E-state index contributed by atoms with van der Waals surface area (Å²) in [5.41, 5.74) is 0. The Morgan fingerprint density at radius 3 is 3.17 bits per heavy atom. The maximum Gasteiger partial charge on any atom is 0.0692 e. The summed E-state index contributed by atoms with van der Waals surface area (Å²) in [6.45, 7) is 5.48. The molecule has 1 aromatic rings. The van der Waals surface area contributed by atoms with Gasteiger partial charge < -0.3 is 10.6 Å². The fourth-order valence-electron chi connectivity index (χ4n) is 2.58. The average molecular weight is 251 g/mol. The zero-order valence-corrected chi connectivity index (χ0v) is 11.3. The second kappa shape index (κ2) is 7.48. The first-order chi connectivity index (χ1) is 8.84. The van der Waals surface area contributed by atoms with Crippen molar-refractivity contribution in [2.24, 2.45) is 0 Å². The minimum Gasteiger partial charge on any atom is -0.314 e. The van der Waals surface area contributed by atoms with Gasteiger partial charge >= 0.3 is 0 Å². The molecule has 18 heavy (non-hydrogen) atoms. The van der Waals surface area contributed by atoms with Crippen LogP contribution in [-0.4, -0.2) is 40.2 Å². The molecule has 5 nitrogen and oxygen atoms in total. The topological polar surface area (TPSA) is 54.8 Å². The van der Waals surface area contributed by atoms with Crippen molar-refractivity contribution >= 4 is 0 Å². The highest BCUT2D eigenvalue weighted by Crippen LogP contribution is 2.11. The van der Waals surface area contributed by atoms with Gasteiger partial charge in [-0.05, 0) is 45.7 Å². The van der Waals surface area contributed by atoms with Gasteiger partial charge in [-0.2, -0.15) is 0 Å². The van der Waals surface area contributed by atoms with Gasteiger partial charge in [-0.3, -0.25) is 4.68 Å². The summed E-state index contributed by atoms with van der Waals surface area (Å²) in [7, 11) is 0. The van der Waals surface area contributed by atoms with Gasteiger partial charge in [0, 0.05) is 24.8 Å². The third kappa shape index (κ3) is 4.74. The van der Waals surface area contributed by atoms with E-state index in [9.17, 15) is 0 Å². The van der Waals surface area contributed by atoms with E-state index in [1.165, 1.54) is 32.2 Å². The zero-order valence-electron chi connectivity index (χ0n) is 11.3. The number of hydrogen-bond acceptors (Lipinski definition) is 4. The normalized spacial score (nSPS) is 21.9. The molecule has 0 amide bonds. The highest BCUT2D eigenvalue weighted by Gasteiger charge is 2.15. The monoisotopic (exact) mass is 251 g/mol. The Kier molecular flexibility index (Phi) is 5.61. The molecule has 0 radical (unpaired) electrons. The van der Waals surface area contributed by atoms with Gasteiger partial charge in [0.1, 0.15) is 0 Å². The smallest absolute Gasteiger partial charge is 0.0692 e. The molecule has 0 aliphatic carbocycles. The molecule has 0 saturated carbocycles. The van der Waals surface area contributed by atoms with Crippen LogP contribution >= 0.6 is 0 Å². The van der Waals surface area contributed by atoms with Crippen LogP contribution in [0.15, 0.2) is 12.4 Å². The summed E-state index contributed by atoms with van der Waals surface area (Å²) in [6, 6.07) is 1.31. The molecule has 2 unspecified atom stereocenters. The molecule has 1 aliphatic heterocycles. The van der Waals surface area contributed by atoms with Gasteiger partial charge in [0.05, 0.1) is 6.20 Å². The van der Waals surface area contributed by atoms with E-state index in [-0.39, 0.29) is 0 Å². The van der Waals surface area contributed by atoms with Crippen molar-refractivity contribution in [1.82, 2.24) is 25.6 Å². The van der Waals surface area contributed by atoms with Crippen molar-refractivity contribution < 1.29 is 0 Å². The largest absolute Gasteiger partial charge is 0.314 e. The Balaban J connectivity index is 1.52. The van der Waals surface area contributed by atoms with Crippen LogP contribution < -0.4 is 10.6 Å². The lowest BCUT2D eigenvalue weighted by atomic mass is 9.99. The molecule has 2 N–H and O–H groups in total. The molecule has 1 fully saturated rings. The van der Waals surface area contributed by atoms with E-state index in [4.69, 9.17) is 0 Å². The molecule has 0 bridgehead atoms. The quantitative estimate of drug-likeness (QED) is 0.715.